The SMILES string of the molecule is CN=C(NCCc1cccc(C(=O)NC)c1)NCC(c1ccc(C)s1)N1CCOCC1.I. The van der Waals surface area contributed by atoms with Gasteiger partial charge >= 0.3 is 0 Å². The Bertz CT molecular complexity index is 883. The highest BCUT2D eigenvalue weighted by Gasteiger charge is 2.24. The molecule has 1 aromatic heterocycles. The monoisotopic (exact) mass is 571 g/mol. The van der Waals surface area contributed by atoms with Crippen LogP contribution in [0.2, 0.25) is 0 Å². The van der Waals surface area contributed by atoms with Crippen LogP contribution in [0.4, 0.5) is 0 Å². The van der Waals surface area contributed by atoms with Crippen LogP contribution in [-0.2, 0) is 11.2 Å². The number of morpholine rings is 1. The topological polar surface area (TPSA) is 78.0 Å². The molecule has 9 heteroatoms. The summed E-state index contributed by atoms with van der Waals surface area (Å²) < 4.78 is 5.54. The van der Waals surface area contributed by atoms with Crippen molar-refractivity contribution in [2.75, 3.05) is 53.5 Å². The van der Waals surface area contributed by atoms with Gasteiger partial charge < -0.3 is 20.7 Å². The van der Waals surface area contributed by atoms with Crippen molar-refractivity contribution in [3.63, 3.8) is 0 Å². The minimum atomic E-state index is -0.0646. The molecule has 1 aromatic carbocycles. The molecule has 2 aromatic rings. The smallest absolute Gasteiger partial charge is 0.251 e. The van der Waals surface area contributed by atoms with Crippen molar-refractivity contribution in [3.05, 3.63) is 57.3 Å². The molecule has 3 rings (SSSR count). The molecule has 176 valence electrons. The summed E-state index contributed by atoms with van der Waals surface area (Å²) >= 11 is 1.85. The van der Waals surface area contributed by atoms with Crippen LogP contribution in [0.15, 0.2) is 41.4 Å². The normalized spacial score (nSPS) is 15.5. The van der Waals surface area contributed by atoms with E-state index in [0.717, 1.165) is 57.3 Å². The second-order valence-electron chi connectivity index (χ2n) is 7.52. The molecule has 1 saturated heterocycles. The van der Waals surface area contributed by atoms with Crippen LogP contribution in [0.5, 0.6) is 0 Å². The second-order valence-corrected chi connectivity index (χ2v) is 8.84. The molecule has 1 fully saturated rings. The maximum Gasteiger partial charge on any atom is 0.251 e. The van der Waals surface area contributed by atoms with Crippen molar-refractivity contribution >= 4 is 47.2 Å². The number of guanidine groups is 1. The molecule has 0 saturated carbocycles. The Morgan fingerprint density at radius 3 is 2.66 bits per heavy atom. The molecule has 0 radical (unpaired) electrons. The first kappa shape index (κ1) is 26.6. The van der Waals surface area contributed by atoms with Crippen molar-refractivity contribution in [1.29, 1.82) is 0 Å². The van der Waals surface area contributed by atoms with Gasteiger partial charge in [-0.25, -0.2) is 0 Å². The van der Waals surface area contributed by atoms with Crippen molar-refractivity contribution < 1.29 is 9.53 Å². The minimum absolute atomic E-state index is 0. The van der Waals surface area contributed by atoms with Crippen LogP contribution in [0, 0.1) is 6.92 Å². The molecule has 3 N–H and O–H groups in total. The van der Waals surface area contributed by atoms with Gasteiger partial charge in [0.25, 0.3) is 5.91 Å². The van der Waals surface area contributed by atoms with Crippen molar-refractivity contribution in [2.45, 2.75) is 19.4 Å². The lowest BCUT2D eigenvalue weighted by atomic mass is 10.1. The van der Waals surface area contributed by atoms with E-state index < -0.39 is 0 Å². The molecular formula is C23H34IN5O2S. The number of amides is 1. The van der Waals surface area contributed by atoms with E-state index in [1.807, 2.05) is 35.6 Å². The number of hydrogen-bond donors (Lipinski definition) is 3. The Kier molecular flexibility index (Phi) is 11.4. The first-order valence-corrected chi connectivity index (χ1v) is 11.6. The number of nitrogens with one attached hydrogen (secondary N) is 3. The van der Waals surface area contributed by atoms with Gasteiger partial charge in [0, 0.05) is 55.6 Å². The number of hydrogen-bond acceptors (Lipinski definition) is 5. The highest BCUT2D eigenvalue weighted by Crippen LogP contribution is 2.27. The zero-order chi connectivity index (χ0) is 22.1. The first-order chi connectivity index (χ1) is 15.1. The van der Waals surface area contributed by atoms with Crippen LogP contribution in [0.3, 0.4) is 0 Å². The fourth-order valence-corrected chi connectivity index (χ4v) is 4.70. The average molecular weight is 572 g/mol. The average Bonchev–Trinajstić information content (AvgIpc) is 3.24. The number of rotatable bonds is 8. The van der Waals surface area contributed by atoms with E-state index in [1.54, 1.807) is 14.1 Å². The number of benzene rings is 1. The van der Waals surface area contributed by atoms with Gasteiger partial charge in [0.15, 0.2) is 5.96 Å². The van der Waals surface area contributed by atoms with Gasteiger partial charge in [0.05, 0.1) is 19.3 Å². The Balaban J connectivity index is 0.00000363. The van der Waals surface area contributed by atoms with E-state index in [-0.39, 0.29) is 29.9 Å². The summed E-state index contributed by atoms with van der Waals surface area (Å²) in [4.78, 5) is 21.4. The van der Waals surface area contributed by atoms with Gasteiger partial charge in [-0.2, -0.15) is 0 Å². The molecule has 1 amide bonds. The van der Waals surface area contributed by atoms with Crippen molar-refractivity contribution in [3.8, 4) is 0 Å². The third-order valence-electron chi connectivity index (χ3n) is 5.38. The summed E-state index contributed by atoms with van der Waals surface area (Å²) in [5, 5.41) is 9.56. The summed E-state index contributed by atoms with van der Waals surface area (Å²) in [5.41, 5.74) is 1.80. The van der Waals surface area contributed by atoms with Gasteiger partial charge in [0.2, 0.25) is 0 Å². The molecule has 0 spiro atoms. The van der Waals surface area contributed by atoms with E-state index in [0.29, 0.717) is 11.6 Å². The maximum absolute atomic E-state index is 11.8. The number of thiophene rings is 1. The number of ether oxygens (including phenoxy) is 1. The van der Waals surface area contributed by atoms with Crippen LogP contribution >= 0.6 is 35.3 Å². The van der Waals surface area contributed by atoms with Gasteiger partial charge in [-0.05, 0) is 43.2 Å². The predicted octanol–water partition coefficient (Wildman–Crippen LogP) is 2.82. The van der Waals surface area contributed by atoms with Crippen LogP contribution in [0.1, 0.15) is 31.7 Å². The van der Waals surface area contributed by atoms with E-state index in [2.05, 4.69) is 44.9 Å². The van der Waals surface area contributed by atoms with E-state index in [4.69, 9.17) is 4.74 Å². The molecule has 32 heavy (non-hydrogen) atoms. The molecule has 7 nitrogen and oxygen atoms in total. The van der Waals surface area contributed by atoms with Gasteiger partial charge in [-0.3, -0.25) is 14.7 Å². The zero-order valence-electron chi connectivity index (χ0n) is 19.0. The van der Waals surface area contributed by atoms with Crippen molar-refractivity contribution in [2.24, 2.45) is 4.99 Å². The molecule has 1 unspecified atom stereocenters. The minimum Gasteiger partial charge on any atom is -0.379 e. The van der Waals surface area contributed by atoms with Gasteiger partial charge in [0.1, 0.15) is 0 Å². The lowest BCUT2D eigenvalue weighted by Gasteiger charge is -2.34. The maximum atomic E-state index is 11.8. The number of aryl methyl sites for hydroxylation is 1. The number of carbonyl (C=O) groups is 1. The van der Waals surface area contributed by atoms with Crippen LogP contribution in [0.25, 0.3) is 0 Å². The Hall–Kier alpha value is -1.69. The van der Waals surface area contributed by atoms with Crippen LogP contribution < -0.4 is 16.0 Å². The summed E-state index contributed by atoms with van der Waals surface area (Å²) in [6, 6.07) is 12.4. The number of nitrogens with zero attached hydrogens (tertiary/aromatic N) is 2. The molecule has 0 bridgehead atoms. The molecule has 2 heterocycles. The highest BCUT2D eigenvalue weighted by atomic mass is 127. The molecule has 1 aliphatic rings. The predicted molar refractivity (Wildman–Crippen MR) is 143 cm³/mol. The summed E-state index contributed by atoms with van der Waals surface area (Å²) in [6.45, 7) is 7.11. The fourth-order valence-electron chi connectivity index (χ4n) is 3.68. The summed E-state index contributed by atoms with van der Waals surface area (Å²) in [7, 11) is 3.44. The third-order valence-corrected chi connectivity index (χ3v) is 6.49. The Morgan fingerprint density at radius 2 is 2.00 bits per heavy atom. The molecule has 1 aliphatic heterocycles. The Morgan fingerprint density at radius 1 is 1.22 bits per heavy atom. The molecular weight excluding hydrogens is 537 g/mol. The fraction of sp³-hybridized carbons (Fsp3) is 0.478. The lowest BCUT2D eigenvalue weighted by molar-refractivity contribution is 0.0177. The summed E-state index contributed by atoms with van der Waals surface area (Å²) in [5.74, 6) is 0.722. The first-order valence-electron chi connectivity index (χ1n) is 10.7. The van der Waals surface area contributed by atoms with E-state index >= 15 is 0 Å². The second kappa shape index (κ2) is 13.8. The zero-order valence-corrected chi connectivity index (χ0v) is 22.2. The number of aliphatic imine (C=N–C) groups is 1. The highest BCUT2D eigenvalue weighted by molar-refractivity contribution is 14.0. The lowest BCUT2D eigenvalue weighted by Crippen LogP contribution is -2.46. The third kappa shape index (κ3) is 7.72. The van der Waals surface area contributed by atoms with E-state index in [1.165, 1.54) is 9.75 Å². The van der Waals surface area contributed by atoms with E-state index in [9.17, 15) is 4.79 Å². The van der Waals surface area contributed by atoms with Gasteiger partial charge in [-0.1, -0.05) is 12.1 Å². The van der Waals surface area contributed by atoms with Gasteiger partial charge in [-0.15, -0.1) is 35.3 Å². The van der Waals surface area contributed by atoms with Crippen molar-refractivity contribution in [1.82, 2.24) is 20.9 Å². The molecule has 1 atom stereocenters. The number of halogens is 1. The molecule has 0 aliphatic carbocycles. The largest absolute Gasteiger partial charge is 0.379 e. The standard InChI is InChI=1S/C23H33N5O2S.HI/c1-17-7-8-21(31-17)20(28-11-13-30-14-12-28)16-27-23(25-3)26-10-9-18-5-4-6-19(15-18)22(29)24-2;/h4-8,15,20H,9-14,16H2,1-3H3,(H,24,29)(H2,25,26,27);1H. The number of carbonyl (C=O) groups excluding carboxylic acids is 1. The summed E-state index contributed by atoms with van der Waals surface area (Å²) in [6.07, 6.45) is 0.808. The quantitative estimate of drug-likeness (QED) is 0.258. The Labute approximate surface area is 212 Å². The van der Waals surface area contributed by atoms with Crippen LogP contribution in [-0.4, -0.2) is 70.3 Å².